The predicted molar refractivity (Wildman–Crippen MR) is 183 cm³/mol. The molecule has 0 unspecified atom stereocenters. The second-order valence-electron chi connectivity index (χ2n) is 13.5. The number of aliphatic hydroxyl groups is 1. The monoisotopic (exact) mass is 663 g/mol. The van der Waals surface area contributed by atoms with E-state index in [0.717, 1.165) is 56.9 Å². The fourth-order valence-electron chi connectivity index (χ4n) is 6.54. The molecule has 1 aromatic heterocycles. The molecule has 4 rings (SSSR count). The van der Waals surface area contributed by atoms with E-state index in [9.17, 15) is 24.3 Å². The molecule has 2 aliphatic rings. The Morgan fingerprint density at radius 1 is 0.938 bits per heavy atom. The number of rotatable bonds is 4. The Bertz CT molecular complexity index is 1350. The Morgan fingerprint density at radius 2 is 1.65 bits per heavy atom. The minimum atomic E-state index is -0.991. The summed E-state index contributed by atoms with van der Waals surface area (Å²) >= 11 is 0. The number of para-hydroxylation sites is 1. The number of nitrogens with zero attached hydrogens (tertiary/aromatic N) is 3. The lowest BCUT2D eigenvalue weighted by Crippen LogP contribution is -2.57. The highest BCUT2D eigenvalue weighted by Crippen LogP contribution is 2.25. The van der Waals surface area contributed by atoms with Crippen molar-refractivity contribution in [3.63, 3.8) is 0 Å². The maximum Gasteiger partial charge on any atom is 0.255 e. The van der Waals surface area contributed by atoms with Crippen LogP contribution >= 0.6 is 0 Å². The van der Waals surface area contributed by atoms with Gasteiger partial charge >= 0.3 is 0 Å². The summed E-state index contributed by atoms with van der Waals surface area (Å²) in [6, 6.07) is 7.90. The van der Waals surface area contributed by atoms with Crippen LogP contribution in [0.25, 0.3) is 0 Å². The SMILES string of the molecule is CC(C)C[C@H]1NC(=O)c2ccccc2OCCCCCCCCCCNC(=O)[C@H](Cc2cccnc2)N(C)C(=O)[C@H]2C[C@H](O)CN2C1=O. The first-order valence-corrected chi connectivity index (χ1v) is 17.6. The number of carbonyl (C=O) groups excluding carboxylic acids is 4. The van der Waals surface area contributed by atoms with Crippen molar-refractivity contribution in [2.75, 3.05) is 26.7 Å². The van der Waals surface area contributed by atoms with Crippen LogP contribution in [0.2, 0.25) is 0 Å². The van der Waals surface area contributed by atoms with Crippen LogP contribution < -0.4 is 15.4 Å². The van der Waals surface area contributed by atoms with Gasteiger partial charge in [0.1, 0.15) is 23.9 Å². The molecule has 3 N–H and O–H groups in total. The molecule has 2 aliphatic heterocycles. The summed E-state index contributed by atoms with van der Waals surface area (Å²) in [5.74, 6) is -1.08. The van der Waals surface area contributed by atoms with Gasteiger partial charge in [-0.05, 0) is 48.9 Å². The molecule has 3 heterocycles. The van der Waals surface area contributed by atoms with E-state index in [0.29, 0.717) is 30.9 Å². The van der Waals surface area contributed by atoms with Gasteiger partial charge in [0.2, 0.25) is 17.7 Å². The summed E-state index contributed by atoms with van der Waals surface area (Å²) in [7, 11) is 1.57. The van der Waals surface area contributed by atoms with Crippen LogP contribution in [0, 0.1) is 5.92 Å². The number of likely N-dealkylation sites (N-methyl/N-ethyl adjacent to an activating group) is 1. The van der Waals surface area contributed by atoms with Crippen molar-refractivity contribution in [2.24, 2.45) is 5.92 Å². The number of aliphatic hydroxyl groups excluding tert-OH is 1. The van der Waals surface area contributed by atoms with Crippen molar-refractivity contribution in [3.8, 4) is 5.75 Å². The third kappa shape index (κ3) is 10.5. The molecule has 4 atom stereocenters. The van der Waals surface area contributed by atoms with Gasteiger partial charge in [-0.25, -0.2) is 0 Å². The van der Waals surface area contributed by atoms with Crippen LogP contribution in [0.5, 0.6) is 5.75 Å². The Hall–Kier alpha value is -3.99. The lowest BCUT2D eigenvalue weighted by atomic mass is 10.0. The van der Waals surface area contributed by atoms with Crippen LogP contribution in [0.4, 0.5) is 0 Å². The van der Waals surface area contributed by atoms with E-state index in [1.54, 1.807) is 43.7 Å². The number of hydrogen-bond donors (Lipinski definition) is 3. The number of benzene rings is 1. The van der Waals surface area contributed by atoms with Crippen LogP contribution in [-0.4, -0.2) is 94.5 Å². The topological polar surface area (TPSA) is 141 Å². The lowest BCUT2D eigenvalue weighted by molar-refractivity contribution is -0.147. The number of ether oxygens (including phenoxy) is 1. The van der Waals surface area contributed by atoms with Gasteiger partial charge in [-0.2, -0.15) is 0 Å². The van der Waals surface area contributed by atoms with Crippen molar-refractivity contribution in [1.82, 2.24) is 25.4 Å². The Morgan fingerprint density at radius 3 is 2.35 bits per heavy atom. The van der Waals surface area contributed by atoms with E-state index in [1.807, 2.05) is 26.0 Å². The van der Waals surface area contributed by atoms with E-state index in [4.69, 9.17) is 4.74 Å². The molecule has 2 aromatic rings. The van der Waals surface area contributed by atoms with E-state index in [1.165, 1.54) is 9.80 Å². The summed E-state index contributed by atoms with van der Waals surface area (Å²) in [6.45, 7) is 4.86. The normalized spacial score (nSPS) is 24.6. The number of fused-ring (bicyclic) bond motifs is 2. The van der Waals surface area contributed by atoms with Gasteiger partial charge in [0.15, 0.2) is 0 Å². The molecular weight excluding hydrogens is 610 g/mol. The van der Waals surface area contributed by atoms with Gasteiger partial charge in [0.05, 0.1) is 18.3 Å². The number of pyridine rings is 1. The molecule has 48 heavy (non-hydrogen) atoms. The fraction of sp³-hybridized carbons (Fsp3) is 0.595. The highest BCUT2D eigenvalue weighted by molar-refractivity contribution is 6.00. The van der Waals surface area contributed by atoms with Crippen molar-refractivity contribution in [2.45, 2.75) is 109 Å². The quantitative estimate of drug-likeness (QED) is 0.451. The van der Waals surface area contributed by atoms with E-state index in [2.05, 4.69) is 15.6 Å². The first-order valence-electron chi connectivity index (χ1n) is 17.6. The zero-order valence-corrected chi connectivity index (χ0v) is 28.7. The van der Waals surface area contributed by atoms with Crippen molar-refractivity contribution in [1.29, 1.82) is 0 Å². The number of hydrogen-bond acceptors (Lipinski definition) is 7. The van der Waals surface area contributed by atoms with Gasteiger partial charge in [-0.1, -0.05) is 70.6 Å². The van der Waals surface area contributed by atoms with Gasteiger partial charge in [0.25, 0.3) is 5.91 Å². The molecule has 11 heteroatoms. The van der Waals surface area contributed by atoms with Crippen LogP contribution in [0.15, 0.2) is 48.8 Å². The average molecular weight is 664 g/mol. The second kappa shape index (κ2) is 18.5. The second-order valence-corrected chi connectivity index (χ2v) is 13.5. The third-order valence-electron chi connectivity index (χ3n) is 9.19. The molecule has 4 amide bonds. The molecule has 11 nitrogen and oxygen atoms in total. The highest BCUT2D eigenvalue weighted by Gasteiger charge is 2.44. The third-order valence-corrected chi connectivity index (χ3v) is 9.19. The Kier molecular flexibility index (Phi) is 14.2. The average Bonchev–Trinajstić information content (AvgIpc) is 3.47. The summed E-state index contributed by atoms with van der Waals surface area (Å²) in [5.41, 5.74) is 1.14. The zero-order chi connectivity index (χ0) is 34.5. The van der Waals surface area contributed by atoms with E-state index < -0.39 is 42.0 Å². The number of amides is 4. The maximum atomic E-state index is 14.2. The van der Waals surface area contributed by atoms with Gasteiger partial charge < -0.3 is 30.3 Å². The van der Waals surface area contributed by atoms with Gasteiger partial charge in [-0.3, -0.25) is 24.2 Å². The number of carbonyl (C=O) groups is 4. The van der Waals surface area contributed by atoms with Gasteiger partial charge in [-0.15, -0.1) is 0 Å². The molecule has 262 valence electrons. The van der Waals surface area contributed by atoms with Crippen molar-refractivity contribution < 1.29 is 29.0 Å². The van der Waals surface area contributed by atoms with Crippen molar-refractivity contribution in [3.05, 3.63) is 59.9 Å². The highest BCUT2D eigenvalue weighted by atomic mass is 16.5. The first kappa shape index (κ1) is 36.8. The number of nitrogens with one attached hydrogen (secondary N) is 2. The summed E-state index contributed by atoms with van der Waals surface area (Å²) in [4.78, 5) is 62.5. The molecular formula is C37H53N5O6. The molecule has 0 aliphatic carbocycles. The molecule has 0 bridgehead atoms. The van der Waals surface area contributed by atoms with Crippen molar-refractivity contribution >= 4 is 23.6 Å². The smallest absolute Gasteiger partial charge is 0.255 e. The minimum absolute atomic E-state index is 0.0369. The van der Waals surface area contributed by atoms with E-state index >= 15 is 0 Å². The summed E-state index contributed by atoms with van der Waals surface area (Å²) in [5, 5.41) is 16.7. The zero-order valence-electron chi connectivity index (χ0n) is 28.7. The molecule has 1 aromatic carbocycles. The Labute approximate surface area is 284 Å². The largest absolute Gasteiger partial charge is 0.493 e. The lowest BCUT2D eigenvalue weighted by Gasteiger charge is -2.34. The summed E-state index contributed by atoms with van der Waals surface area (Å²) < 4.78 is 6.03. The van der Waals surface area contributed by atoms with Crippen LogP contribution in [0.3, 0.4) is 0 Å². The molecule has 0 radical (unpaired) electrons. The molecule has 1 fully saturated rings. The summed E-state index contributed by atoms with van der Waals surface area (Å²) in [6.07, 6.45) is 11.2. The molecule has 1 saturated heterocycles. The number of aromatic nitrogens is 1. The molecule has 0 spiro atoms. The standard InChI is InChI=1S/C37H53N5O6/c1-26(2)21-30-36(46)42-25-28(43)23-32(42)37(47)41(3)31(22-27-15-14-18-38-24-27)35(45)39-19-12-8-6-4-5-7-9-13-20-48-33-17-11-10-16-29(33)34(44)40-30/h10-11,14-18,24,26,28,30-32,43H,4-9,12-13,19-23,25H2,1-3H3,(H,39,45)(H,40,44)/t28-,30+,31-,32+/m0/s1. The minimum Gasteiger partial charge on any atom is -0.493 e. The van der Waals surface area contributed by atoms with Crippen LogP contribution in [0.1, 0.15) is 94.0 Å². The molecule has 0 saturated carbocycles. The fourth-order valence-corrected chi connectivity index (χ4v) is 6.54. The van der Waals surface area contributed by atoms with E-state index in [-0.39, 0.29) is 31.2 Å². The van der Waals surface area contributed by atoms with Crippen LogP contribution in [-0.2, 0) is 20.8 Å². The maximum absolute atomic E-state index is 14.2. The van der Waals surface area contributed by atoms with Gasteiger partial charge in [0, 0.05) is 45.4 Å². The first-order chi connectivity index (χ1) is 23.2. The Balaban J connectivity index is 1.61. The predicted octanol–water partition coefficient (Wildman–Crippen LogP) is 3.89.